The summed E-state index contributed by atoms with van der Waals surface area (Å²) in [5.41, 5.74) is 2.92. The standard InChI is InChI=1S/C18H23N7O/c26-9-13-2-1-3-15(13)25-11-21-16-17(19-10-20-18(16)25)24-7-5-12(8-24)14-4-6-22-23-14/h4,6,10-13,15,26H,1-3,5,7-9H2,(H,22,23)/t12?,13-,15-/m0/s1. The van der Waals surface area contributed by atoms with Gasteiger partial charge in [0.2, 0.25) is 0 Å². The molecule has 3 aromatic heterocycles. The number of rotatable bonds is 4. The molecule has 2 fully saturated rings. The zero-order valence-corrected chi connectivity index (χ0v) is 14.6. The summed E-state index contributed by atoms with van der Waals surface area (Å²) in [6.07, 6.45) is 9.68. The van der Waals surface area contributed by atoms with E-state index in [4.69, 9.17) is 0 Å². The highest BCUT2D eigenvalue weighted by molar-refractivity contribution is 5.83. The maximum Gasteiger partial charge on any atom is 0.165 e. The summed E-state index contributed by atoms with van der Waals surface area (Å²) < 4.78 is 2.15. The van der Waals surface area contributed by atoms with Crippen LogP contribution < -0.4 is 4.90 Å². The van der Waals surface area contributed by atoms with Crippen LogP contribution in [0.5, 0.6) is 0 Å². The summed E-state index contributed by atoms with van der Waals surface area (Å²) in [7, 11) is 0. The third-order valence-corrected chi connectivity index (χ3v) is 6.00. The maximum atomic E-state index is 9.67. The Bertz CT molecular complexity index is 890. The molecule has 0 bridgehead atoms. The normalized spacial score (nSPS) is 26.2. The van der Waals surface area contributed by atoms with Crippen molar-refractivity contribution in [2.75, 3.05) is 24.6 Å². The lowest BCUT2D eigenvalue weighted by Gasteiger charge is -2.20. The van der Waals surface area contributed by atoms with Crippen molar-refractivity contribution in [1.29, 1.82) is 0 Å². The van der Waals surface area contributed by atoms with Gasteiger partial charge in [-0.25, -0.2) is 15.0 Å². The maximum absolute atomic E-state index is 9.67. The number of aromatic amines is 1. The van der Waals surface area contributed by atoms with E-state index in [-0.39, 0.29) is 12.6 Å². The summed E-state index contributed by atoms with van der Waals surface area (Å²) >= 11 is 0. The van der Waals surface area contributed by atoms with Crippen LogP contribution in [0, 0.1) is 5.92 Å². The van der Waals surface area contributed by atoms with Crippen molar-refractivity contribution in [3.8, 4) is 0 Å². The van der Waals surface area contributed by atoms with Crippen molar-refractivity contribution >= 4 is 17.0 Å². The van der Waals surface area contributed by atoms with Crippen LogP contribution in [0.25, 0.3) is 11.2 Å². The molecule has 2 N–H and O–H groups in total. The number of hydrogen-bond donors (Lipinski definition) is 2. The molecule has 26 heavy (non-hydrogen) atoms. The zero-order valence-electron chi connectivity index (χ0n) is 14.6. The molecule has 3 atom stereocenters. The van der Waals surface area contributed by atoms with Crippen LogP contribution in [0.3, 0.4) is 0 Å². The quantitative estimate of drug-likeness (QED) is 0.743. The molecule has 4 heterocycles. The van der Waals surface area contributed by atoms with E-state index in [1.807, 2.05) is 18.6 Å². The first-order valence-corrected chi connectivity index (χ1v) is 9.37. The van der Waals surface area contributed by atoms with Crippen LogP contribution in [0.2, 0.25) is 0 Å². The van der Waals surface area contributed by atoms with Gasteiger partial charge in [0, 0.05) is 49.5 Å². The summed E-state index contributed by atoms with van der Waals surface area (Å²) in [4.78, 5) is 16.0. The molecule has 1 aliphatic heterocycles. The Hall–Kier alpha value is -2.48. The zero-order chi connectivity index (χ0) is 17.5. The van der Waals surface area contributed by atoms with E-state index < -0.39 is 0 Å². The van der Waals surface area contributed by atoms with Gasteiger partial charge in [0.25, 0.3) is 0 Å². The second-order valence-electron chi connectivity index (χ2n) is 7.41. The van der Waals surface area contributed by atoms with Gasteiger partial charge in [0.15, 0.2) is 17.0 Å². The fourth-order valence-corrected chi connectivity index (χ4v) is 4.61. The Labute approximate surface area is 151 Å². The Morgan fingerprint density at radius 3 is 3.00 bits per heavy atom. The van der Waals surface area contributed by atoms with Crippen LogP contribution in [0.15, 0.2) is 24.9 Å². The van der Waals surface area contributed by atoms with Crippen molar-refractivity contribution in [2.24, 2.45) is 5.92 Å². The fourth-order valence-electron chi connectivity index (χ4n) is 4.61. The molecule has 0 spiro atoms. The van der Waals surface area contributed by atoms with Crippen molar-refractivity contribution in [1.82, 2.24) is 29.7 Å². The molecule has 0 aromatic carbocycles. The van der Waals surface area contributed by atoms with E-state index in [2.05, 4.69) is 34.6 Å². The lowest BCUT2D eigenvalue weighted by Crippen LogP contribution is -2.21. The van der Waals surface area contributed by atoms with Gasteiger partial charge in [0.05, 0.1) is 6.33 Å². The first-order chi connectivity index (χ1) is 12.8. The minimum Gasteiger partial charge on any atom is -0.396 e. The van der Waals surface area contributed by atoms with Crippen molar-refractivity contribution < 1.29 is 5.11 Å². The number of hydrogen-bond acceptors (Lipinski definition) is 6. The largest absolute Gasteiger partial charge is 0.396 e. The summed E-state index contributed by atoms with van der Waals surface area (Å²) in [5.74, 6) is 1.65. The predicted molar refractivity (Wildman–Crippen MR) is 96.9 cm³/mol. The lowest BCUT2D eigenvalue weighted by atomic mass is 10.1. The molecular formula is C18H23N7O. The fraction of sp³-hybridized carbons (Fsp3) is 0.556. The number of nitrogens with one attached hydrogen (secondary N) is 1. The Morgan fingerprint density at radius 2 is 2.15 bits per heavy atom. The second-order valence-corrected chi connectivity index (χ2v) is 7.41. The van der Waals surface area contributed by atoms with E-state index >= 15 is 0 Å². The van der Waals surface area contributed by atoms with Crippen molar-refractivity contribution in [3.63, 3.8) is 0 Å². The van der Waals surface area contributed by atoms with Crippen LogP contribution in [-0.4, -0.2) is 54.5 Å². The monoisotopic (exact) mass is 353 g/mol. The van der Waals surface area contributed by atoms with Gasteiger partial charge in [-0.1, -0.05) is 6.42 Å². The smallest absolute Gasteiger partial charge is 0.165 e. The lowest BCUT2D eigenvalue weighted by molar-refractivity contribution is 0.197. The van der Waals surface area contributed by atoms with Crippen molar-refractivity contribution in [3.05, 3.63) is 30.6 Å². The molecule has 1 saturated carbocycles. The van der Waals surface area contributed by atoms with Gasteiger partial charge >= 0.3 is 0 Å². The van der Waals surface area contributed by atoms with Crippen molar-refractivity contribution in [2.45, 2.75) is 37.6 Å². The average Bonchev–Trinajstić information content (AvgIpc) is 3.47. The van der Waals surface area contributed by atoms with Gasteiger partial charge in [-0.15, -0.1) is 0 Å². The SMILES string of the molecule is OC[C@@H]1CCC[C@@H]1n1cnc2c(N3CCC(c4ccn[nH]4)C3)ncnc21. The minimum absolute atomic E-state index is 0.222. The molecule has 3 aromatic rings. The third-order valence-electron chi connectivity index (χ3n) is 6.00. The molecule has 0 amide bonds. The van der Waals surface area contributed by atoms with Gasteiger partial charge in [-0.05, 0) is 25.3 Å². The highest BCUT2D eigenvalue weighted by Gasteiger charge is 2.31. The van der Waals surface area contributed by atoms with E-state index in [1.165, 1.54) is 5.69 Å². The summed E-state index contributed by atoms with van der Waals surface area (Å²) in [5, 5.41) is 16.8. The number of aliphatic hydroxyl groups excluding tert-OH is 1. The number of imidazole rings is 1. The number of aromatic nitrogens is 6. The molecule has 8 nitrogen and oxygen atoms in total. The van der Waals surface area contributed by atoms with E-state index in [0.29, 0.717) is 11.8 Å². The van der Waals surface area contributed by atoms with E-state index in [9.17, 15) is 5.11 Å². The highest BCUT2D eigenvalue weighted by atomic mass is 16.3. The average molecular weight is 353 g/mol. The first kappa shape index (κ1) is 15.7. The molecule has 136 valence electrons. The van der Waals surface area contributed by atoms with Crippen LogP contribution >= 0.6 is 0 Å². The van der Waals surface area contributed by atoms with Crippen LogP contribution in [-0.2, 0) is 0 Å². The Kier molecular flexibility index (Phi) is 3.85. The van der Waals surface area contributed by atoms with Crippen LogP contribution in [0.4, 0.5) is 5.82 Å². The minimum atomic E-state index is 0.222. The van der Waals surface area contributed by atoms with Gasteiger partial charge in [0.1, 0.15) is 6.33 Å². The number of H-pyrrole nitrogens is 1. The second kappa shape index (κ2) is 6.35. The number of nitrogens with zero attached hydrogens (tertiary/aromatic N) is 6. The Morgan fingerprint density at radius 1 is 1.19 bits per heavy atom. The third kappa shape index (κ3) is 2.47. The van der Waals surface area contributed by atoms with Gasteiger partial charge < -0.3 is 14.6 Å². The summed E-state index contributed by atoms with van der Waals surface area (Å²) in [6.45, 7) is 2.08. The predicted octanol–water partition coefficient (Wildman–Crippen LogP) is 1.88. The number of anilines is 1. The number of fused-ring (bicyclic) bond motifs is 1. The number of aliphatic hydroxyl groups is 1. The molecular weight excluding hydrogens is 330 g/mol. The molecule has 8 heteroatoms. The molecule has 1 aliphatic carbocycles. The van der Waals surface area contributed by atoms with E-state index in [0.717, 1.165) is 55.8 Å². The van der Waals surface area contributed by atoms with Gasteiger partial charge in [-0.3, -0.25) is 5.10 Å². The summed E-state index contributed by atoms with van der Waals surface area (Å²) in [6, 6.07) is 2.33. The van der Waals surface area contributed by atoms with Gasteiger partial charge in [-0.2, -0.15) is 5.10 Å². The molecule has 2 aliphatic rings. The molecule has 5 rings (SSSR count). The van der Waals surface area contributed by atoms with Crippen LogP contribution in [0.1, 0.15) is 43.3 Å². The molecule has 0 radical (unpaired) electrons. The first-order valence-electron chi connectivity index (χ1n) is 9.37. The molecule has 1 unspecified atom stereocenters. The Balaban J connectivity index is 1.46. The van der Waals surface area contributed by atoms with E-state index in [1.54, 1.807) is 6.33 Å². The molecule has 1 saturated heterocycles. The highest BCUT2D eigenvalue weighted by Crippen LogP contribution is 2.38. The topological polar surface area (TPSA) is 95.8 Å².